The standard InChI is InChI=1S/C19H34N6.HI/c1-7-20-19(21-12-18-15(4)23-24(6)16(18)5)22-17-8-10-25(11-9-17)13-14(2)3;/h17H,2,7-13H2,1,3-6H3,(H2,20,21,22);1H. The van der Waals surface area contributed by atoms with Crippen molar-refractivity contribution in [2.45, 2.75) is 53.1 Å². The van der Waals surface area contributed by atoms with Crippen LogP contribution in [0.2, 0.25) is 0 Å². The van der Waals surface area contributed by atoms with E-state index in [2.05, 4.69) is 54.9 Å². The molecule has 1 aromatic heterocycles. The van der Waals surface area contributed by atoms with E-state index < -0.39 is 0 Å². The first-order valence-electron chi connectivity index (χ1n) is 9.31. The SMILES string of the molecule is C=C(C)CN1CCC(NC(=NCc2c(C)nn(C)c2C)NCC)CC1.I. The molecule has 6 nitrogen and oxygen atoms in total. The Bertz CT molecular complexity index is 614. The molecule has 1 aliphatic heterocycles. The highest BCUT2D eigenvalue weighted by Crippen LogP contribution is 2.14. The summed E-state index contributed by atoms with van der Waals surface area (Å²) in [6.45, 7) is 17.1. The van der Waals surface area contributed by atoms with Crippen LogP contribution >= 0.6 is 24.0 Å². The van der Waals surface area contributed by atoms with Gasteiger partial charge in [-0.25, -0.2) is 4.99 Å². The molecule has 0 radical (unpaired) electrons. The summed E-state index contributed by atoms with van der Waals surface area (Å²) in [4.78, 5) is 7.27. The van der Waals surface area contributed by atoms with Crippen molar-refractivity contribution < 1.29 is 0 Å². The number of nitrogens with zero attached hydrogens (tertiary/aromatic N) is 4. The predicted molar refractivity (Wildman–Crippen MR) is 120 cm³/mol. The van der Waals surface area contributed by atoms with Gasteiger partial charge in [0.1, 0.15) is 0 Å². The number of nitrogens with one attached hydrogen (secondary N) is 2. The lowest BCUT2D eigenvalue weighted by Crippen LogP contribution is -2.48. The van der Waals surface area contributed by atoms with Gasteiger partial charge in [-0.05, 0) is 40.5 Å². The summed E-state index contributed by atoms with van der Waals surface area (Å²) in [7, 11) is 1.98. The molecule has 0 aliphatic carbocycles. The number of likely N-dealkylation sites (tertiary alicyclic amines) is 1. The molecular weight excluding hydrogens is 439 g/mol. The molecule has 0 amide bonds. The highest BCUT2D eigenvalue weighted by atomic mass is 127. The summed E-state index contributed by atoms with van der Waals surface area (Å²) in [5.74, 6) is 0.906. The average Bonchev–Trinajstić information content (AvgIpc) is 2.79. The van der Waals surface area contributed by atoms with Gasteiger partial charge in [0.25, 0.3) is 0 Å². The predicted octanol–water partition coefficient (Wildman–Crippen LogP) is 2.75. The Labute approximate surface area is 175 Å². The van der Waals surface area contributed by atoms with Crippen molar-refractivity contribution in [3.05, 3.63) is 29.1 Å². The van der Waals surface area contributed by atoms with Gasteiger partial charge in [0.2, 0.25) is 0 Å². The van der Waals surface area contributed by atoms with Crippen LogP contribution in [-0.4, -0.2) is 52.9 Å². The molecule has 2 N–H and O–H groups in total. The Balaban J connectivity index is 0.00000338. The first-order valence-corrected chi connectivity index (χ1v) is 9.31. The van der Waals surface area contributed by atoms with E-state index in [0.29, 0.717) is 12.6 Å². The average molecular weight is 474 g/mol. The van der Waals surface area contributed by atoms with E-state index in [1.807, 2.05) is 11.7 Å². The lowest BCUT2D eigenvalue weighted by Gasteiger charge is -2.33. The Morgan fingerprint density at radius 3 is 2.46 bits per heavy atom. The van der Waals surface area contributed by atoms with Crippen LogP contribution in [0.3, 0.4) is 0 Å². The molecule has 1 aromatic rings. The molecular formula is C19H35IN6. The maximum Gasteiger partial charge on any atom is 0.191 e. The van der Waals surface area contributed by atoms with Crippen molar-refractivity contribution in [3.8, 4) is 0 Å². The highest BCUT2D eigenvalue weighted by molar-refractivity contribution is 14.0. The summed E-state index contributed by atoms with van der Waals surface area (Å²) in [5, 5.41) is 11.5. The number of guanidine groups is 1. The quantitative estimate of drug-likeness (QED) is 0.288. The number of aryl methyl sites for hydroxylation is 2. The molecule has 1 saturated heterocycles. The van der Waals surface area contributed by atoms with E-state index in [0.717, 1.165) is 50.7 Å². The van der Waals surface area contributed by atoms with E-state index in [1.54, 1.807) is 0 Å². The molecule has 7 heteroatoms. The molecule has 148 valence electrons. The van der Waals surface area contributed by atoms with Crippen LogP contribution in [0, 0.1) is 13.8 Å². The van der Waals surface area contributed by atoms with E-state index in [4.69, 9.17) is 4.99 Å². The minimum Gasteiger partial charge on any atom is -0.357 e. The van der Waals surface area contributed by atoms with Crippen molar-refractivity contribution in [2.75, 3.05) is 26.2 Å². The van der Waals surface area contributed by atoms with E-state index >= 15 is 0 Å². The van der Waals surface area contributed by atoms with Crippen LogP contribution in [-0.2, 0) is 13.6 Å². The zero-order valence-electron chi connectivity index (χ0n) is 16.9. The van der Waals surface area contributed by atoms with Crippen LogP contribution in [0.15, 0.2) is 17.1 Å². The van der Waals surface area contributed by atoms with Gasteiger partial charge in [-0.3, -0.25) is 9.58 Å². The molecule has 0 spiro atoms. The summed E-state index contributed by atoms with van der Waals surface area (Å²) < 4.78 is 1.93. The highest BCUT2D eigenvalue weighted by Gasteiger charge is 2.20. The maximum atomic E-state index is 4.79. The molecule has 0 unspecified atom stereocenters. The summed E-state index contributed by atoms with van der Waals surface area (Å²) in [5.41, 5.74) is 4.71. The fourth-order valence-corrected chi connectivity index (χ4v) is 3.33. The molecule has 2 heterocycles. The number of piperidine rings is 1. The number of hydrogen-bond acceptors (Lipinski definition) is 3. The summed E-state index contributed by atoms with van der Waals surface area (Å²) >= 11 is 0. The fourth-order valence-electron chi connectivity index (χ4n) is 3.33. The van der Waals surface area contributed by atoms with Gasteiger partial charge in [0, 0.05) is 50.5 Å². The third-order valence-corrected chi connectivity index (χ3v) is 4.82. The van der Waals surface area contributed by atoms with Crippen LogP contribution in [0.1, 0.15) is 43.6 Å². The third-order valence-electron chi connectivity index (χ3n) is 4.82. The van der Waals surface area contributed by atoms with Gasteiger partial charge in [0.15, 0.2) is 5.96 Å². The van der Waals surface area contributed by atoms with Gasteiger partial charge in [0.05, 0.1) is 12.2 Å². The fraction of sp³-hybridized carbons (Fsp3) is 0.684. The van der Waals surface area contributed by atoms with E-state index in [1.165, 1.54) is 16.8 Å². The van der Waals surface area contributed by atoms with Gasteiger partial charge in [-0.1, -0.05) is 12.2 Å². The van der Waals surface area contributed by atoms with Gasteiger partial charge < -0.3 is 10.6 Å². The van der Waals surface area contributed by atoms with Gasteiger partial charge in [-0.15, -0.1) is 24.0 Å². The first kappa shape index (κ1) is 23.0. The first-order chi connectivity index (χ1) is 11.9. The maximum absolute atomic E-state index is 4.79. The minimum atomic E-state index is 0. The second-order valence-electron chi connectivity index (χ2n) is 7.12. The second-order valence-corrected chi connectivity index (χ2v) is 7.12. The van der Waals surface area contributed by atoms with Gasteiger partial charge in [-0.2, -0.15) is 5.10 Å². The van der Waals surface area contributed by atoms with Gasteiger partial charge >= 0.3 is 0 Å². The smallest absolute Gasteiger partial charge is 0.191 e. The Kier molecular flexibility index (Phi) is 9.63. The lowest BCUT2D eigenvalue weighted by atomic mass is 10.0. The van der Waals surface area contributed by atoms with Crippen LogP contribution in [0.5, 0.6) is 0 Å². The number of rotatable bonds is 6. The second kappa shape index (κ2) is 10.9. The Morgan fingerprint density at radius 1 is 1.31 bits per heavy atom. The zero-order chi connectivity index (χ0) is 18.4. The largest absolute Gasteiger partial charge is 0.357 e. The van der Waals surface area contributed by atoms with Crippen LogP contribution in [0.4, 0.5) is 0 Å². The third kappa shape index (κ3) is 6.57. The molecule has 1 aliphatic rings. The summed E-state index contributed by atoms with van der Waals surface area (Å²) in [6.07, 6.45) is 2.28. The molecule has 0 atom stereocenters. The van der Waals surface area contributed by atoms with Crippen molar-refractivity contribution in [2.24, 2.45) is 12.0 Å². The molecule has 1 fully saturated rings. The number of aliphatic imine (C=N–C) groups is 1. The van der Waals surface area contributed by atoms with E-state index in [-0.39, 0.29) is 24.0 Å². The van der Waals surface area contributed by atoms with Crippen LogP contribution < -0.4 is 10.6 Å². The van der Waals surface area contributed by atoms with Crippen molar-refractivity contribution >= 4 is 29.9 Å². The van der Waals surface area contributed by atoms with Crippen LogP contribution in [0.25, 0.3) is 0 Å². The van der Waals surface area contributed by atoms with Crippen molar-refractivity contribution in [1.29, 1.82) is 0 Å². The number of aromatic nitrogens is 2. The lowest BCUT2D eigenvalue weighted by molar-refractivity contribution is 0.221. The Hall–Kier alpha value is -1.09. The molecule has 2 rings (SSSR count). The topological polar surface area (TPSA) is 57.5 Å². The molecule has 0 bridgehead atoms. The van der Waals surface area contributed by atoms with Crippen molar-refractivity contribution in [3.63, 3.8) is 0 Å². The minimum absolute atomic E-state index is 0. The zero-order valence-corrected chi connectivity index (χ0v) is 19.3. The van der Waals surface area contributed by atoms with E-state index in [9.17, 15) is 0 Å². The van der Waals surface area contributed by atoms with Crippen molar-refractivity contribution in [1.82, 2.24) is 25.3 Å². The number of halogens is 1. The number of hydrogen-bond donors (Lipinski definition) is 2. The molecule has 0 aromatic carbocycles. The monoisotopic (exact) mass is 474 g/mol. The normalized spacial score (nSPS) is 16.3. The molecule has 26 heavy (non-hydrogen) atoms. The Morgan fingerprint density at radius 2 is 1.96 bits per heavy atom. The molecule has 0 saturated carbocycles. The summed E-state index contributed by atoms with van der Waals surface area (Å²) in [6, 6.07) is 0.482.